The molecular formula is C8H14N2O5. The number of hydrogen-bond acceptors (Lipinski definition) is 5. The maximum atomic E-state index is 11.4. The predicted molar refractivity (Wildman–Crippen MR) is 48.2 cm³/mol. The molecule has 0 aliphatic carbocycles. The van der Waals surface area contributed by atoms with E-state index in [-0.39, 0.29) is 0 Å². The number of rotatable bonds is 2. The molecule has 7 heteroatoms. The molecule has 86 valence electrons. The standard InChI is InChI=1S/C8H14N2O5/c1-3-9-5-4-6(10(13)7(9)11)15-8(12)14-2/h6,13H,3-5H2,1-2H3. The predicted octanol–water partition coefficient (Wildman–Crippen LogP) is 0.632. The quantitative estimate of drug-likeness (QED) is 0.543. The van der Waals surface area contributed by atoms with Gasteiger partial charge in [-0.1, -0.05) is 0 Å². The molecule has 0 aromatic heterocycles. The number of methoxy groups -OCH3 is 1. The van der Waals surface area contributed by atoms with Crippen molar-refractivity contribution >= 4 is 12.2 Å². The van der Waals surface area contributed by atoms with Gasteiger partial charge in [-0.15, -0.1) is 0 Å². The highest BCUT2D eigenvalue weighted by atomic mass is 16.7. The van der Waals surface area contributed by atoms with E-state index in [1.54, 1.807) is 6.92 Å². The summed E-state index contributed by atoms with van der Waals surface area (Å²) >= 11 is 0. The number of hydroxylamine groups is 2. The van der Waals surface area contributed by atoms with Crippen molar-refractivity contribution in [2.45, 2.75) is 19.6 Å². The highest BCUT2D eigenvalue weighted by Crippen LogP contribution is 2.15. The van der Waals surface area contributed by atoms with Gasteiger partial charge in [0.15, 0.2) is 0 Å². The lowest BCUT2D eigenvalue weighted by atomic mass is 10.3. The summed E-state index contributed by atoms with van der Waals surface area (Å²) in [5.74, 6) is 0. The van der Waals surface area contributed by atoms with Gasteiger partial charge in [-0.25, -0.2) is 9.59 Å². The Morgan fingerprint density at radius 2 is 2.33 bits per heavy atom. The summed E-state index contributed by atoms with van der Waals surface area (Å²) in [6.45, 7) is 2.74. The number of urea groups is 1. The molecule has 7 nitrogen and oxygen atoms in total. The Morgan fingerprint density at radius 3 is 2.87 bits per heavy atom. The van der Waals surface area contributed by atoms with Crippen molar-refractivity contribution < 1.29 is 24.3 Å². The van der Waals surface area contributed by atoms with Crippen molar-refractivity contribution in [1.82, 2.24) is 9.96 Å². The monoisotopic (exact) mass is 218 g/mol. The summed E-state index contributed by atoms with van der Waals surface area (Å²) < 4.78 is 8.95. The summed E-state index contributed by atoms with van der Waals surface area (Å²) in [5.41, 5.74) is 0. The van der Waals surface area contributed by atoms with E-state index in [1.807, 2.05) is 0 Å². The van der Waals surface area contributed by atoms with Crippen LogP contribution in [0.15, 0.2) is 0 Å². The normalized spacial score (nSPS) is 21.5. The molecule has 2 amide bonds. The minimum Gasteiger partial charge on any atom is -0.438 e. The summed E-state index contributed by atoms with van der Waals surface area (Å²) in [7, 11) is 1.16. The molecule has 1 saturated heterocycles. The van der Waals surface area contributed by atoms with E-state index in [9.17, 15) is 14.8 Å². The van der Waals surface area contributed by atoms with Gasteiger partial charge in [0.1, 0.15) is 0 Å². The third kappa shape index (κ3) is 2.50. The first-order chi connectivity index (χ1) is 7.10. The smallest absolute Gasteiger partial charge is 0.438 e. The van der Waals surface area contributed by atoms with E-state index >= 15 is 0 Å². The number of carbonyl (C=O) groups is 2. The maximum Gasteiger partial charge on any atom is 0.510 e. The second-order valence-electron chi connectivity index (χ2n) is 3.02. The zero-order chi connectivity index (χ0) is 11.4. The highest BCUT2D eigenvalue weighted by molar-refractivity contribution is 5.74. The zero-order valence-corrected chi connectivity index (χ0v) is 8.67. The summed E-state index contributed by atoms with van der Waals surface area (Å²) in [6, 6.07) is -0.572. The van der Waals surface area contributed by atoms with Crippen LogP contribution in [-0.2, 0) is 9.47 Å². The lowest BCUT2D eigenvalue weighted by Crippen LogP contribution is -2.54. The van der Waals surface area contributed by atoms with Crippen LogP contribution in [0.25, 0.3) is 0 Å². The second-order valence-corrected chi connectivity index (χ2v) is 3.02. The van der Waals surface area contributed by atoms with Gasteiger partial charge in [0.05, 0.1) is 7.11 Å². The van der Waals surface area contributed by atoms with Crippen LogP contribution in [0.2, 0.25) is 0 Å². The number of carbonyl (C=O) groups excluding carboxylic acids is 2. The lowest BCUT2D eigenvalue weighted by Gasteiger charge is -2.35. The minimum atomic E-state index is -0.965. The van der Waals surface area contributed by atoms with Gasteiger partial charge in [-0.05, 0) is 6.92 Å². The molecule has 1 unspecified atom stereocenters. The van der Waals surface area contributed by atoms with Crippen molar-refractivity contribution in [3.05, 3.63) is 0 Å². The number of amides is 2. The highest BCUT2D eigenvalue weighted by Gasteiger charge is 2.34. The largest absolute Gasteiger partial charge is 0.510 e. The van der Waals surface area contributed by atoms with Gasteiger partial charge in [0, 0.05) is 19.5 Å². The van der Waals surface area contributed by atoms with E-state index in [1.165, 1.54) is 4.90 Å². The third-order valence-electron chi connectivity index (χ3n) is 2.17. The average Bonchev–Trinajstić information content (AvgIpc) is 2.25. The van der Waals surface area contributed by atoms with Gasteiger partial charge < -0.3 is 14.4 Å². The van der Waals surface area contributed by atoms with E-state index in [4.69, 9.17) is 0 Å². The molecule has 1 N–H and O–H groups in total. The Kier molecular flexibility index (Phi) is 3.73. The molecule has 0 aromatic carbocycles. The number of nitrogens with zero attached hydrogens (tertiary/aromatic N) is 2. The molecule has 0 bridgehead atoms. The zero-order valence-electron chi connectivity index (χ0n) is 8.67. The number of ether oxygens (including phenoxy) is 2. The topological polar surface area (TPSA) is 79.3 Å². The van der Waals surface area contributed by atoms with Crippen molar-refractivity contribution in [3.63, 3.8) is 0 Å². The van der Waals surface area contributed by atoms with E-state index < -0.39 is 18.4 Å². The molecule has 1 fully saturated rings. The molecule has 15 heavy (non-hydrogen) atoms. The molecule has 1 rings (SSSR count). The first kappa shape index (κ1) is 11.6. The molecule has 1 heterocycles. The fourth-order valence-electron chi connectivity index (χ4n) is 1.31. The van der Waals surface area contributed by atoms with Gasteiger partial charge in [0.25, 0.3) is 0 Å². The van der Waals surface area contributed by atoms with Crippen molar-refractivity contribution in [3.8, 4) is 0 Å². The van der Waals surface area contributed by atoms with Crippen LogP contribution < -0.4 is 0 Å². The van der Waals surface area contributed by atoms with Crippen LogP contribution in [-0.4, -0.2) is 53.8 Å². The van der Waals surface area contributed by atoms with E-state index in [2.05, 4.69) is 9.47 Å². The summed E-state index contributed by atoms with van der Waals surface area (Å²) in [6.07, 6.45) is -1.53. The van der Waals surface area contributed by atoms with Gasteiger partial charge in [0.2, 0.25) is 6.23 Å². The van der Waals surface area contributed by atoms with Crippen molar-refractivity contribution in [2.75, 3.05) is 20.2 Å². The second kappa shape index (κ2) is 4.83. The van der Waals surface area contributed by atoms with E-state index in [0.29, 0.717) is 24.6 Å². The van der Waals surface area contributed by atoms with Crippen LogP contribution in [0.5, 0.6) is 0 Å². The Hall–Kier alpha value is -1.50. The van der Waals surface area contributed by atoms with Crippen molar-refractivity contribution in [1.29, 1.82) is 0 Å². The summed E-state index contributed by atoms with van der Waals surface area (Å²) in [4.78, 5) is 23.6. The summed E-state index contributed by atoms with van der Waals surface area (Å²) in [5, 5.41) is 9.80. The molecule has 0 radical (unpaired) electrons. The first-order valence-electron chi connectivity index (χ1n) is 4.61. The molecular weight excluding hydrogens is 204 g/mol. The fraction of sp³-hybridized carbons (Fsp3) is 0.750. The van der Waals surface area contributed by atoms with Crippen LogP contribution in [0.3, 0.4) is 0 Å². The van der Waals surface area contributed by atoms with Crippen LogP contribution in [0.1, 0.15) is 13.3 Å². The Morgan fingerprint density at radius 1 is 1.67 bits per heavy atom. The van der Waals surface area contributed by atoms with Crippen LogP contribution >= 0.6 is 0 Å². The lowest BCUT2D eigenvalue weighted by molar-refractivity contribution is -0.184. The van der Waals surface area contributed by atoms with Gasteiger partial charge in [-0.3, -0.25) is 5.21 Å². The van der Waals surface area contributed by atoms with Gasteiger partial charge in [-0.2, -0.15) is 5.06 Å². The first-order valence-corrected chi connectivity index (χ1v) is 4.61. The Balaban J connectivity index is 2.56. The van der Waals surface area contributed by atoms with E-state index in [0.717, 1.165) is 7.11 Å². The maximum absolute atomic E-state index is 11.4. The van der Waals surface area contributed by atoms with Gasteiger partial charge >= 0.3 is 12.2 Å². The fourth-order valence-corrected chi connectivity index (χ4v) is 1.31. The van der Waals surface area contributed by atoms with Crippen molar-refractivity contribution in [2.24, 2.45) is 0 Å². The third-order valence-corrected chi connectivity index (χ3v) is 2.17. The minimum absolute atomic E-state index is 0.352. The molecule has 1 atom stereocenters. The molecule has 0 saturated carbocycles. The molecule has 0 aromatic rings. The molecule has 1 aliphatic heterocycles. The number of hydrogen-bond donors (Lipinski definition) is 1. The van der Waals surface area contributed by atoms with Crippen LogP contribution in [0.4, 0.5) is 9.59 Å². The Bertz CT molecular complexity index is 257. The molecule has 1 aliphatic rings. The molecule has 0 spiro atoms. The SMILES string of the molecule is CCN1CCC(OC(=O)OC)N(O)C1=O. The average molecular weight is 218 g/mol. The Labute approximate surface area is 87.1 Å². The van der Waals surface area contributed by atoms with Crippen LogP contribution in [0, 0.1) is 0 Å².